The van der Waals surface area contributed by atoms with Crippen molar-refractivity contribution in [2.45, 2.75) is 68.3 Å². The minimum absolute atomic E-state index is 0.0772. The van der Waals surface area contributed by atoms with E-state index in [1.54, 1.807) is 0 Å². The summed E-state index contributed by atoms with van der Waals surface area (Å²) in [5.41, 5.74) is 0.370. The largest absolute Gasteiger partial charge is 0.395 e. The molecular formula is C14H26O4S. The summed E-state index contributed by atoms with van der Waals surface area (Å²) in [6.45, 7) is 4.37. The molecule has 4 N–H and O–H groups in total. The van der Waals surface area contributed by atoms with Gasteiger partial charge >= 0.3 is 0 Å². The van der Waals surface area contributed by atoms with Gasteiger partial charge in [0, 0.05) is 5.25 Å². The van der Waals surface area contributed by atoms with Gasteiger partial charge in [-0.1, -0.05) is 13.8 Å². The van der Waals surface area contributed by atoms with Crippen LogP contribution in [0, 0.1) is 11.3 Å². The third kappa shape index (κ3) is 3.27. The zero-order valence-electron chi connectivity index (χ0n) is 11.7. The Hall–Kier alpha value is 0.190. The second-order valence-electron chi connectivity index (χ2n) is 6.80. The van der Waals surface area contributed by atoms with Gasteiger partial charge in [0.25, 0.3) is 0 Å². The fourth-order valence-electron chi connectivity index (χ4n) is 3.27. The smallest absolute Gasteiger partial charge is 0.108 e. The Morgan fingerprint density at radius 2 is 1.58 bits per heavy atom. The molecule has 1 saturated heterocycles. The van der Waals surface area contributed by atoms with E-state index in [1.807, 2.05) is 0 Å². The Bertz CT molecular complexity index is 298. The van der Waals surface area contributed by atoms with Gasteiger partial charge in [0.15, 0.2) is 0 Å². The molecule has 19 heavy (non-hydrogen) atoms. The lowest BCUT2D eigenvalue weighted by atomic mass is 9.71. The van der Waals surface area contributed by atoms with Gasteiger partial charge in [-0.3, -0.25) is 0 Å². The average molecular weight is 290 g/mol. The van der Waals surface area contributed by atoms with E-state index in [9.17, 15) is 20.4 Å². The highest BCUT2D eigenvalue weighted by molar-refractivity contribution is 8.00. The zero-order chi connectivity index (χ0) is 14.2. The summed E-state index contributed by atoms with van der Waals surface area (Å²) in [5, 5.41) is 38.8. The van der Waals surface area contributed by atoms with Gasteiger partial charge < -0.3 is 20.4 Å². The lowest BCUT2D eigenvalue weighted by molar-refractivity contribution is -0.0770. The van der Waals surface area contributed by atoms with Crippen LogP contribution in [0.2, 0.25) is 0 Å². The molecule has 1 aliphatic heterocycles. The van der Waals surface area contributed by atoms with Crippen LogP contribution >= 0.6 is 11.8 Å². The minimum Gasteiger partial charge on any atom is -0.395 e. The van der Waals surface area contributed by atoms with Crippen LogP contribution < -0.4 is 0 Å². The first-order valence-electron chi connectivity index (χ1n) is 7.16. The summed E-state index contributed by atoms with van der Waals surface area (Å²) >= 11 is 1.45. The van der Waals surface area contributed by atoms with Crippen molar-refractivity contribution in [3.05, 3.63) is 0 Å². The molecule has 0 spiro atoms. The van der Waals surface area contributed by atoms with Gasteiger partial charge in [-0.25, -0.2) is 0 Å². The van der Waals surface area contributed by atoms with E-state index in [-0.39, 0.29) is 11.9 Å². The van der Waals surface area contributed by atoms with E-state index in [4.69, 9.17) is 0 Å². The lowest BCUT2D eigenvalue weighted by Gasteiger charge is -2.45. The maximum Gasteiger partial charge on any atom is 0.108 e. The molecule has 0 bridgehead atoms. The number of hydrogen-bond acceptors (Lipinski definition) is 5. The van der Waals surface area contributed by atoms with Crippen LogP contribution in [0.1, 0.15) is 39.5 Å². The van der Waals surface area contributed by atoms with Crippen molar-refractivity contribution in [1.29, 1.82) is 0 Å². The van der Waals surface area contributed by atoms with E-state index in [0.29, 0.717) is 11.3 Å². The molecule has 0 aromatic heterocycles. The molecule has 0 aromatic carbocycles. The summed E-state index contributed by atoms with van der Waals surface area (Å²) in [6, 6.07) is 0. The SMILES string of the molecule is CC1(C)CCC([C@@H]2S[C@H](CO)[C@H](O)[C@H](O)[C@H]2O)CC1. The molecule has 1 saturated carbocycles. The van der Waals surface area contributed by atoms with Crippen LogP contribution in [-0.4, -0.2) is 55.8 Å². The Labute approximate surface area is 119 Å². The van der Waals surface area contributed by atoms with Gasteiger partial charge in [0.05, 0.1) is 24.1 Å². The van der Waals surface area contributed by atoms with Crippen LogP contribution in [0.25, 0.3) is 0 Å². The Kier molecular flexibility index (Phi) is 4.83. The highest BCUT2D eigenvalue weighted by atomic mass is 32.2. The van der Waals surface area contributed by atoms with Gasteiger partial charge in [-0.2, -0.15) is 0 Å². The molecule has 1 heterocycles. The van der Waals surface area contributed by atoms with E-state index in [0.717, 1.165) is 25.7 Å². The fourth-order valence-corrected chi connectivity index (χ4v) is 4.90. The molecular weight excluding hydrogens is 264 g/mol. The molecule has 0 amide bonds. The van der Waals surface area contributed by atoms with Crippen molar-refractivity contribution in [1.82, 2.24) is 0 Å². The number of rotatable bonds is 2. The van der Waals surface area contributed by atoms with Crippen molar-refractivity contribution in [2.75, 3.05) is 6.61 Å². The zero-order valence-corrected chi connectivity index (χ0v) is 12.5. The highest BCUT2D eigenvalue weighted by Crippen LogP contribution is 2.45. The second-order valence-corrected chi connectivity index (χ2v) is 8.22. The molecule has 0 aromatic rings. The fraction of sp³-hybridized carbons (Fsp3) is 1.00. The van der Waals surface area contributed by atoms with E-state index >= 15 is 0 Å². The van der Waals surface area contributed by atoms with E-state index in [2.05, 4.69) is 13.8 Å². The van der Waals surface area contributed by atoms with Crippen molar-refractivity contribution < 1.29 is 20.4 Å². The predicted octanol–water partition coefficient (Wildman–Crippen LogP) is 0.762. The summed E-state index contributed by atoms with van der Waals surface area (Å²) in [4.78, 5) is 0. The molecule has 0 unspecified atom stereocenters. The molecule has 0 radical (unpaired) electrons. The molecule has 2 rings (SSSR count). The maximum atomic E-state index is 10.2. The van der Waals surface area contributed by atoms with Crippen LogP contribution in [0.3, 0.4) is 0 Å². The van der Waals surface area contributed by atoms with Crippen molar-refractivity contribution in [2.24, 2.45) is 11.3 Å². The van der Waals surface area contributed by atoms with Crippen molar-refractivity contribution in [3.8, 4) is 0 Å². The van der Waals surface area contributed by atoms with Crippen molar-refractivity contribution >= 4 is 11.8 Å². The first-order valence-corrected chi connectivity index (χ1v) is 8.10. The molecule has 1 aliphatic carbocycles. The Morgan fingerprint density at radius 3 is 2.11 bits per heavy atom. The normalized spacial score (nSPS) is 44.2. The third-order valence-corrected chi connectivity index (χ3v) is 6.53. The highest BCUT2D eigenvalue weighted by Gasteiger charge is 2.46. The van der Waals surface area contributed by atoms with Crippen molar-refractivity contribution in [3.63, 3.8) is 0 Å². The Balaban J connectivity index is 2.03. The standard InChI is InChI=1S/C14H26O4S/c1-14(2)5-3-8(4-6-14)13-12(18)11(17)10(16)9(7-15)19-13/h8-13,15-18H,3-7H2,1-2H3/t9-,10+,11+,12-,13+/m1/s1. The van der Waals surface area contributed by atoms with Gasteiger partial charge in [-0.15, -0.1) is 11.8 Å². The summed E-state index contributed by atoms with van der Waals surface area (Å²) in [5.74, 6) is 0.365. The molecule has 4 nitrogen and oxygen atoms in total. The Morgan fingerprint density at radius 1 is 1.00 bits per heavy atom. The average Bonchev–Trinajstić information content (AvgIpc) is 2.37. The van der Waals surface area contributed by atoms with Gasteiger partial charge in [0.2, 0.25) is 0 Å². The van der Waals surface area contributed by atoms with E-state index < -0.39 is 23.6 Å². The molecule has 112 valence electrons. The van der Waals surface area contributed by atoms with E-state index in [1.165, 1.54) is 11.8 Å². The van der Waals surface area contributed by atoms with Crippen LogP contribution in [0.15, 0.2) is 0 Å². The maximum absolute atomic E-state index is 10.2. The molecule has 2 aliphatic rings. The number of aliphatic hydroxyl groups excluding tert-OH is 4. The molecule has 2 fully saturated rings. The monoisotopic (exact) mass is 290 g/mol. The number of aliphatic hydroxyl groups is 4. The quantitative estimate of drug-likeness (QED) is 0.604. The molecule has 5 heteroatoms. The first kappa shape index (κ1) is 15.6. The second kappa shape index (κ2) is 5.90. The topological polar surface area (TPSA) is 80.9 Å². The number of thioether (sulfide) groups is 1. The molecule has 5 atom stereocenters. The lowest BCUT2D eigenvalue weighted by Crippen LogP contribution is -2.56. The number of hydrogen-bond donors (Lipinski definition) is 4. The van der Waals surface area contributed by atoms with Gasteiger partial charge in [-0.05, 0) is 37.0 Å². The first-order chi connectivity index (χ1) is 8.85. The summed E-state index contributed by atoms with van der Waals surface area (Å²) in [7, 11) is 0. The van der Waals surface area contributed by atoms with Crippen LogP contribution in [0.5, 0.6) is 0 Å². The van der Waals surface area contributed by atoms with Gasteiger partial charge in [0.1, 0.15) is 6.10 Å². The third-order valence-electron chi connectivity index (χ3n) is 4.78. The van der Waals surface area contributed by atoms with Crippen LogP contribution in [0.4, 0.5) is 0 Å². The predicted molar refractivity (Wildman–Crippen MR) is 76.0 cm³/mol. The minimum atomic E-state index is -1.14. The summed E-state index contributed by atoms with van der Waals surface area (Å²) in [6.07, 6.45) is 1.27. The van der Waals surface area contributed by atoms with Crippen LogP contribution in [-0.2, 0) is 0 Å². The summed E-state index contributed by atoms with van der Waals surface area (Å²) < 4.78 is 0.